The van der Waals surface area contributed by atoms with Crippen LogP contribution >= 0.6 is 11.8 Å². The monoisotopic (exact) mass is 393 g/mol. The Morgan fingerprint density at radius 2 is 1.89 bits per heavy atom. The molecule has 0 spiro atoms. The molecule has 0 unspecified atom stereocenters. The number of nitrogens with zero attached hydrogens (tertiary/aromatic N) is 4. The van der Waals surface area contributed by atoms with Gasteiger partial charge < -0.3 is 5.32 Å². The van der Waals surface area contributed by atoms with Gasteiger partial charge in [-0.2, -0.15) is 0 Å². The number of rotatable bonds is 9. The van der Waals surface area contributed by atoms with Gasteiger partial charge in [-0.25, -0.2) is 4.39 Å². The van der Waals surface area contributed by atoms with Gasteiger partial charge in [0.15, 0.2) is 11.0 Å². The fourth-order valence-electron chi connectivity index (χ4n) is 2.39. The molecule has 0 aliphatic carbocycles. The quantitative estimate of drug-likeness (QED) is 0.663. The minimum atomic E-state index is -0.298. The Balaban J connectivity index is 2.18. The first kappa shape index (κ1) is 21.4. The predicted molar refractivity (Wildman–Crippen MR) is 107 cm³/mol. The largest absolute Gasteiger partial charge is 0.355 e. The van der Waals surface area contributed by atoms with Crippen LogP contribution in [0.5, 0.6) is 0 Å². The summed E-state index contributed by atoms with van der Waals surface area (Å²) in [6.45, 7) is 6.95. The average molecular weight is 394 g/mol. The summed E-state index contributed by atoms with van der Waals surface area (Å²) in [7, 11) is 3.92. The van der Waals surface area contributed by atoms with Gasteiger partial charge in [0.1, 0.15) is 5.82 Å². The molecule has 27 heavy (non-hydrogen) atoms. The Bertz CT molecular complexity index is 745. The molecule has 1 atom stereocenters. The second kappa shape index (κ2) is 9.85. The van der Waals surface area contributed by atoms with Crippen LogP contribution in [0.2, 0.25) is 0 Å². The fraction of sp³-hybridized carbons (Fsp3) is 0.526. The van der Waals surface area contributed by atoms with Crippen LogP contribution in [0.15, 0.2) is 29.4 Å². The van der Waals surface area contributed by atoms with Gasteiger partial charge in [-0.15, -0.1) is 10.2 Å². The average Bonchev–Trinajstić information content (AvgIpc) is 3.03. The van der Waals surface area contributed by atoms with Crippen molar-refractivity contribution in [3.8, 4) is 5.69 Å². The molecule has 8 heteroatoms. The van der Waals surface area contributed by atoms with Crippen LogP contribution in [0.25, 0.3) is 5.69 Å². The molecule has 0 radical (unpaired) electrons. The Hall–Kier alpha value is -1.93. The van der Waals surface area contributed by atoms with Gasteiger partial charge in [0.2, 0.25) is 5.91 Å². The van der Waals surface area contributed by atoms with Crippen molar-refractivity contribution < 1.29 is 9.18 Å². The predicted octanol–water partition coefficient (Wildman–Crippen LogP) is 3.28. The molecule has 2 aromatic rings. The van der Waals surface area contributed by atoms with Gasteiger partial charge >= 0.3 is 0 Å². The number of carbonyl (C=O) groups is 1. The van der Waals surface area contributed by atoms with Crippen LogP contribution in [0, 0.1) is 11.7 Å². The first-order chi connectivity index (χ1) is 12.8. The zero-order valence-electron chi connectivity index (χ0n) is 16.6. The Kier molecular flexibility index (Phi) is 7.79. The zero-order chi connectivity index (χ0) is 20.0. The molecule has 148 valence electrons. The normalized spacial score (nSPS) is 12.6. The number of amides is 1. The highest BCUT2D eigenvalue weighted by Crippen LogP contribution is 2.26. The number of halogens is 1. The first-order valence-electron chi connectivity index (χ1n) is 9.06. The van der Waals surface area contributed by atoms with Crippen molar-refractivity contribution in [2.75, 3.05) is 26.4 Å². The smallest absolute Gasteiger partial charge is 0.230 e. The van der Waals surface area contributed by atoms with Gasteiger partial charge in [-0.05, 0) is 57.6 Å². The number of nitrogens with one attached hydrogen (secondary N) is 1. The summed E-state index contributed by atoms with van der Waals surface area (Å²) in [6, 6.07) is 6.21. The highest BCUT2D eigenvalue weighted by molar-refractivity contribution is 7.99. The minimum Gasteiger partial charge on any atom is -0.355 e. The molecule has 0 fully saturated rings. The molecule has 0 aliphatic rings. The lowest BCUT2D eigenvalue weighted by Gasteiger charge is -2.20. The molecule has 0 saturated carbocycles. The van der Waals surface area contributed by atoms with E-state index in [1.165, 1.54) is 23.9 Å². The van der Waals surface area contributed by atoms with E-state index in [-0.39, 0.29) is 23.5 Å². The van der Waals surface area contributed by atoms with Gasteiger partial charge in [-0.3, -0.25) is 14.3 Å². The van der Waals surface area contributed by atoms with E-state index in [4.69, 9.17) is 0 Å². The van der Waals surface area contributed by atoms with Crippen LogP contribution in [0.3, 0.4) is 0 Å². The van der Waals surface area contributed by atoms with Crippen molar-refractivity contribution >= 4 is 17.7 Å². The van der Waals surface area contributed by atoms with Crippen LogP contribution in [0.1, 0.15) is 39.1 Å². The second-order valence-corrected chi connectivity index (χ2v) is 8.06. The number of aromatic nitrogens is 3. The maximum absolute atomic E-state index is 13.3. The molecule has 1 amide bonds. The molecule has 0 bridgehead atoms. The molecule has 0 saturated heterocycles. The van der Waals surface area contributed by atoms with Crippen molar-refractivity contribution in [3.05, 3.63) is 35.9 Å². The van der Waals surface area contributed by atoms with Crippen LogP contribution in [-0.4, -0.2) is 52.0 Å². The van der Waals surface area contributed by atoms with Crippen molar-refractivity contribution in [1.82, 2.24) is 25.0 Å². The SMILES string of the molecule is CC(C)CCNC(=O)CSc1nnc([C@@H](C)N(C)C)n1-c1ccc(F)cc1. The maximum Gasteiger partial charge on any atom is 0.230 e. The van der Waals surface area contributed by atoms with Crippen molar-refractivity contribution in [1.29, 1.82) is 0 Å². The summed E-state index contributed by atoms with van der Waals surface area (Å²) in [6.07, 6.45) is 0.951. The van der Waals surface area contributed by atoms with Gasteiger partial charge in [-0.1, -0.05) is 25.6 Å². The van der Waals surface area contributed by atoms with Gasteiger partial charge in [0.05, 0.1) is 11.8 Å². The fourth-order valence-corrected chi connectivity index (χ4v) is 3.18. The summed E-state index contributed by atoms with van der Waals surface area (Å²) < 4.78 is 15.2. The van der Waals surface area contributed by atoms with E-state index >= 15 is 0 Å². The number of benzene rings is 1. The molecule has 1 N–H and O–H groups in total. The second-order valence-electron chi connectivity index (χ2n) is 7.11. The van der Waals surface area contributed by atoms with E-state index in [2.05, 4.69) is 29.4 Å². The van der Waals surface area contributed by atoms with Gasteiger partial charge in [0.25, 0.3) is 0 Å². The van der Waals surface area contributed by atoms with Crippen LogP contribution in [-0.2, 0) is 4.79 Å². The zero-order valence-corrected chi connectivity index (χ0v) is 17.4. The number of thioether (sulfide) groups is 1. The molecule has 1 aromatic heterocycles. The summed E-state index contributed by atoms with van der Waals surface area (Å²) in [5.74, 6) is 1.22. The van der Waals surface area contributed by atoms with E-state index in [0.29, 0.717) is 17.6 Å². The van der Waals surface area contributed by atoms with E-state index in [1.807, 2.05) is 30.5 Å². The number of hydrogen-bond donors (Lipinski definition) is 1. The number of hydrogen-bond acceptors (Lipinski definition) is 5. The lowest BCUT2D eigenvalue weighted by molar-refractivity contribution is -0.118. The molecule has 1 heterocycles. The van der Waals surface area contributed by atoms with E-state index in [1.54, 1.807) is 12.1 Å². The van der Waals surface area contributed by atoms with Crippen molar-refractivity contribution in [3.63, 3.8) is 0 Å². The lowest BCUT2D eigenvalue weighted by atomic mass is 10.1. The molecule has 0 aliphatic heterocycles. The van der Waals surface area contributed by atoms with Crippen LogP contribution < -0.4 is 5.32 Å². The molecular weight excluding hydrogens is 365 g/mol. The summed E-state index contributed by atoms with van der Waals surface area (Å²) >= 11 is 1.33. The van der Waals surface area contributed by atoms with Gasteiger partial charge in [0, 0.05) is 12.2 Å². The third-order valence-corrected chi connectivity index (χ3v) is 5.20. The summed E-state index contributed by atoms with van der Waals surface area (Å²) in [5, 5.41) is 12.1. The maximum atomic E-state index is 13.3. The van der Waals surface area contributed by atoms with Crippen LogP contribution in [0.4, 0.5) is 4.39 Å². The van der Waals surface area contributed by atoms with E-state index in [9.17, 15) is 9.18 Å². The molecule has 6 nitrogen and oxygen atoms in total. The minimum absolute atomic E-state index is 0.0109. The summed E-state index contributed by atoms with van der Waals surface area (Å²) in [4.78, 5) is 14.1. The third-order valence-electron chi connectivity index (χ3n) is 4.27. The Labute approximate surface area is 164 Å². The van der Waals surface area contributed by atoms with E-state index in [0.717, 1.165) is 17.9 Å². The number of carbonyl (C=O) groups excluding carboxylic acids is 1. The highest BCUT2D eigenvalue weighted by Gasteiger charge is 2.21. The Morgan fingerprint density at radius 3 is 2.48 bits per heavy atom. The summed E-state index contributed by atoms with van der Waals surface area (Å²) in [5.41, 5.74) is 0.771. The standard InChI is InChI=1S/C19H28FN5OS/c1-13(2)10-11-21-17(26)12-27-19-23-22-18(14(3)24(4)5)25(19)16-8-6-15(20)7-9-16/h6-9,13-14H,10-12H2,1-5H3,(H,21,26)/t14-/m1/s1. The van der Waals surface area contributed by atoms with E-state index < -0.39 is 0 Å². The van der Waals surface area contributed by atoms with Crippen molar-refractivity contribution in [2.45, 2.75) is 38.4 Å². The third kappa shape index (κ3) is 6.04. The topological polar surface area (TPSA) is 63.1 Å². The molecule has 1 aromatic carbocycles. The highest BCUT2D eigenvalue weighted by atomic mass is 32.2. The first-order valence-corrected chi connectivity index (χ1v) is 10.0. The van der Waals surface area contributed by atoms with Crippen molar-refractivity contribution in [2.24, 2.45) is 5.92 Å². The lowest BCUT2D eigenvalue weighted by Crippen LogP contribution is -2.27. The Morgan fingerprint density at radius 1 is 1.22 bits per heavy atom. The molecular formula is C19H28FN5OS. The molecule has 2 rings (SSSR count).